The van der Waals surface area contributed by atoms with Gasteiger partial charge in [0.15, 0.2) is 0 Å². The molecule has 0 aromatic rings. The van der Waals surface area contributed by atoms with Gasteiger partial charge in [-0.05, 0) is 30.6 Å². The molecule has 0 radical (unpaired) electrons. The summed E-state index contributed by atoms with van der Waals surface area (Å²) in [5.41, 5.74) is 0. The Balaban J connectivity index is 2.25. The van der Waals surface area contributed by atoms with Gasteiger partial charge in [-0.3, -0.25) is 0 Å². The lowest BCUT2D eigenvalue weighted by Crippen LogP contribution is -2.20. The van der Waals surface area contributed by atoms with Gasteiger partial charge in [0.05, 0.1) is 0 Å². The highest BCUT2D eigenvalue weighted by Gasteiger charge is 2.23. The first-order valence-corrected chi connectivity index (χ1v) is 6.46. The van der Waals surface area contributed by atoms with Crippen LogP contribution in [0.3, 0.4) is 0 Å². The van der Waals surface area contributed by atoms with Gasteiger partial charge in [0.2, 0.25) is 0 Å². The highest BCUT2D eigenvalue weighted by Crippen LogP contribution is 2.35. The van der Waals surface area contributed by atoms with Gasteiger partial charge in [-0.25, -0.2) is 0 Å². The molecule has 1 aliphatic rings. The van der Waals surface area contributed by atoms with E-state index in [0.29, 0.717) is 0 Å². The van der Waals surface area contributed by atoms with Gasteiger partial charge < -0.3 is 0 Å². The molecule has 1 fully saturated rings. The van der Waals surface area contributed by atoms with Crippen LogP contribution in [-0.2, 0) is 0 Å². The molecular formula is C11H21Br. The Bertz CT molecular complexity index is 114. The van der Waals surface area contributed by atoms with Gasteiger partial charge in [-0.1, -0.05) is 49.0 Å². The molecule has 0 heterocycles. The Morgan fingerprint density at radius 3 is 2.25 bits per heavy atom. The van der Waals surface area contributed by atoms with Gasteiger partial charge in [0.25, 0.3) is 0 Å². The first kappa shape index (κ1) is 10.6. The van der Waals surface area contributed by atoms with Crippen molar-refractivity contribution >= 4 is 15.9 Å². The molecule has 0 aromatic carbocycles. The SMILES string of the molecule is CCC1CCC(C(C)CBr)CC1. The molecule has 1 unspecified atom stereocenters. The number of halogens is 1. The fourth-order valence-corrected chi connectivity index (χ4v) is 2.82. The van der Waals surface area contributed by atoms with Crippen molar-refractivity contribution in [3.05, 3.63) is 0 Å². The molecule has 0 amide bonds. The average Bonchev–Trinajstić information content (AvgIpc) is 2.17. The molecule has 1 heteroatoms. The van der Waals surface area contributed by atoms with Gasteiger partial charge >= 0.3 is 0 Å². The normalized spacial score (nSPS) is 33.2. The van der Waals surface area contributed by atoms with E-state index in [1.54, 1.807) is 0 Å². The van der Waals surface area contributed by atoms with Crippen molar-refractivity contribution in [2.75, 3.05) is 5.33 Å². The zero-order valence-electron chi connectivity index (χ0n) is 8.35. The lowest BCUT2D eigenvalue weighted by Gasteiger charge is -2.31. The highest BCUT2D eigenvalue weighted by atomic mass is 79.9. The summed E-state index contributed by atoms with van der Waals surface area (Å²) in [5, 5.41) is 1.19. The third-order valence-corrected chi connectivity index (χ3v) is 4.54. The van der Waals surface area contributed by atoms with Crippen molar-refractivity contribution in [3.8, 4) is 0 Å². The summed E-state index contributed by atoms with van der Waals surface area (Å²) < 4.78 is 0. The molecule has 0 nitrogen and oxygen atoms in total. The van der Waals surface area contributed by atoms with Crippen LogP contribution in [0.5, 0.6) is 0 Å². The van der Waals surface area contributed by atoms with Crippen LogP contribution < -0.4 is 0 Å². The Morgan fingerprint density at radius 1 is 1.25 bits per heavy atom. The van der Waals surface area contributed by atoms with Gasteiger partial charge in [0, 0.05) is 5.33 Å². The second-order valence-electron chi connectivity index (χ2n) is 4.32. The van der Waals surface area contributed by atoms with Crippen molar-refractivity contribution in [3.63, 3.8) is 0 Å². The Morgan fingerprint density at radius 2 is 1.83 bits per heavy atom. The molecule has 1 saturated carbocycles. The van der Waals surface area contributed by atoms with Crippen LogP contribution in [0.25, 0.3) is 0 Å². The topological polar surface area (TPSA) is 0 Å². The van der Waals surface area contributed by atoms with Crippen LogP contribution in [0.1, 0.15) is 46.0 Å². The number of hydrogen-bond donors (Lipinski definition) is 0. The molecule has 0 saturated heterocycles. The molecule has 0 N–H and O–H groups in total. The summed E-state index contributed by atoms with van der Waals surface area (Å²) >= 11 is 3.58. The van der Waals surface area contributed by atoms with Crippen LogP contribution in [0.4, 0.5) is 0 Å². The van der Waals surface area contributed by atoms with Gasteiger partial charge in [-0.2, -0.15) is 0 Å². The maximum Gasteiger partial charge on any atom is 0.00596 e. The molecule has 1 atom stereocenters. The lowest BCUT2D eigenvalue weighted by atomic mass is 9.76. The second kappa shape index (κ2) is 5.26. The smallest absolute Gasteiger partial charge is 0.00596 e. The second-order valence-corrected chi connectivity index (χ2v) is 4.97. The maximum atomic E-state index is 3.58. The van der Waals surface area contributed by atoms with Crippen molar-refractivity contribution in [2.24, 2.45) is 17.8 Å². The van der Waals surface area contributed by atoms with E-state index in [2.05, 4.69) is 29.8 Å². The summed E-state index contributed by atoms with van der Waals surface area (Å²) in [5.74, 6) is 2.94. The number of alkyl halides is 1. The minimum Gasteiger partial charge on any atom is -0.0925 e. The standard InChI is InChI=1S/C11H21Br/c1-3-10-4-6-11(7-5-10)9(2)8-12/h9-11H,3-8H2,1-2H3. The zero-order chi connectivity index (χ0) is 8.97. The van der Waals surface area contributed by atoms with E-state index in [1.807, 2.05) is 0 Å². The predicted molar refractivity (Wildman–Crippen MR) is 58.7 cm³/mol. The summed E-state index contributed by atoms with van der Waals surface area (Å²) in [7, 11) is 0. The average molecular weight is 233 g/mol. The Hall–Kier alpha value is 0.480. The Kier molecular flexibility index (Phi) is 4.63. The zero-order valence-corrected chi connectivity index (χ0v) is 9.94. The fourth-order valence-electron chi connectivity index (χ4n) is 2.29. The third kappa shape index (κ3) is 2.76. The minimum atomic E-state index is 0.891. The number of hydrogen-bond acceptors (Lipinski definition) is 0. The van der Waals surface area contributed by atoms with Gasteiger partial charge in [-0.15, -0.1) is 0 Å². The van der Waals surface area contributed by atoms with E-state index >= 15 is 0 Å². The van der Waals surface area contributed by atoms with E-state index in [4.69, 9.17) is 0 Å². The Labute approximate surface area is 85.3 Å². The molecule has 72 valence electrons. The van der Waals surface area contributed by atoms with Crippen LogP contribution in [0, 0.1) is 17.8 Å². The van der Waals surface area contributed by atoms with Gasteiger partial charge in [0.1, 0.15) is 0 Å². The summed E-state index contributed by atoms with van der Waals surface area (Å²) in [6.07, 6.45) is 7.32. The van der Waals surface area contributed by atoms with Crippen molar-refractivity contribution < 1.29 is 0 Å². The summed E-state index contributed by atoms with van der Waals surface area (Å²) in [4.78, 5) is 0. The lowest BCUT2D eigenvalue weighted by molar-refractivity contribution is 0.223. The fraction of sp³-hybridized carbons (Fsp3) is 1.00. The molecule has 0 aromatic heterocycles. The van der Waals surface area contributed by atoms with Crippen LogP contribution in [0.2, 0.25) is 0 Å². The highest BCUT2D eigenvalue weighted by molar-refractivity contribution is 9.09. The first-order chi connectivity index (χ1) is 5.77. The minimum absolute atomic E-state index is 0.891. The van der Waals surface area contributed by atoms with E-state index in [-0.39, 0.29) is 0 Å². The van der Waals surface area contributed by atoms with Crippen molar-refractivity contribution in [1.29, 1.82) is 0 Å². The van der Waals surface area contributed by atoms with Crippen LogP contribution >= 0.6 is 15.9 Å². The molecule has 12 heavy (non-hydrogen) atoms. The van der Waals surface area contributed by atoms with Crippen molar-refractivity contribution in [2.45, 2.75) is 46.0 Å². The largest absolute Gasteiger partial charge is 0.0925 e. The molecule has 1 aliphatic carbocycles. The van der Waals surface area contributed by atoms with E-state index in [0.717, 1.165) is 17.8 Å². The monoisotopic (exact) mass is 232 g/mol. The molecule has 0 bridgehead atoms. The first-order valence-electron chi connectivity index (χ1n) is 5.33. The summed E-state index contributed by atoms with van der Waals surface area (Å²) in [6.45, 7) is 4.71. The molecule has 0 spiro atoms. The quantitative estimate of drug-likeness (QED) is 0.640. The predicted octanol–water partition coefficient (Wildman–Crippen LogP) is 4.23. The van der Waals surface area contributed by atoms with Crippen LogP contribution in [-0.4, -0.2) is 5.33 Å². The van der Waals surface area contributed by atoms with E-state index < -0.39 is 0 Å². The number of rotatable bonds is 3. The van der Waals surface area contributed by atoms with Crippen molar-refractivity contribution in [1.82, 2.24) is 0 Å². The van der Waals surface area contributed by atoms with Crippen LogP contribution in [0.15, 0.2) is 0 Å². The molecular weight excluding hydrogens is 212 g/mol. The van der Waals surface area contributed by atoms with E-state index in [9.17, 15) is 0 Å². The maximum absolute atomic E-state index is 3.58. The van der Waals surface area contributed by atoms with E-state index in [1.165, 1.54) is 37.4 Å². The molecule has 1 rings (SSSR count). The molecule has 0 aliphatic heterocycles. The summed E-state index contributed by atoms with van der Waals surface area (Å²) in [6, 6.07) is 0. The third-order valence-electron chi connectivity index (χ3n) is 3.52.